The van der Waals surface area contributed by atoms with Gasteiger partial charge in [0.15, 0.2) is 6.61 Å². The molecule has 2 amide bonds. The lowest BCUT2D eigenvalue weighted by atomic mass is 10.2. The number of nitrogens with one attached hydrogen (secondary N) is 2. The van der Waals surface area contributed by atoms with Crippen LogP contribution in [-0.4, -0.2) is 46.4 Å². The van der Waals surface area contributed by atoms with Gasteiger partial charge >= 0.3 is 0 Å². The Balaban J connectivity index is 1.28. The molecule has 12 heteroatoms. The van der Waals surface area contributed by atoms with Gasteiger partial charge in [-0.25, -0.2) is 13.8 Å². The molecule has 4 aromatic carbocycles. The van der Waals surface area contributed by atoms with Gasteiger partial charge in [-0.1, -0.05) is 29.8 Å². The van der Waals surface area contributed by atoms with Gasteiger partial charge in [0.25, 0.3) is 11.8 Å². The number of carbonyl (C=O) groups is 2. The maximum absolute atomic E-state index is 12.6. The van der Waals surface area contributed by atoms with Crippen LogP contribution >= 0.6 is 11.6 Å². The molecule has 43 heavy (non-hydrogen) atoms. The van der Waals surface area contributed by atoms with Crippen LogP contribution in [0.25, 0.3) is 0 Å². The van der Waals surface area contributed by atoms with Crippen molar-refractivity contribution in [2.45, 2.75) is 6.54 Å². The van der Waals surface area contributed by atoms with Crippen LogP contribution in [0.15, 0.2) is 102 Å². The molecular formula is C31H29ClN4O6S. The second kappa shape index (κ2) is 14.3. The molecule has 0 bridgehead atoms. The van der Waals surface area contributed by atoms with Crippen LogP contribution in [0.3, 0.4) is 0 Å². The van der Waals surface area contributed by atoms with E-state index in [-0.39, 0.29) is 19.1 Å². The number of anilines is 2. The van der Waals surface area contributed by atoms with Crippen molar-refractivity contribution in [1.82, 2.24) is 5.43 Å². The molecule has 0 atom stereocenters. The Labute approximate surface area is 254 Å². The highest BCUT2D eigenvalue weighted by Crippen LogP contribution is 2.24. The first-order valence-corrected chi connectivity index (χ1v) is 15.2. The molecule has 0 heterocycles. The first-order chi connectivity index (χ1) is 20.6. The molecule has 2 N–H and O–H groups in total. The number of methoxy groups -OCH3 is 1. The summed E-state index contributed by atoms with van der Waals surface area (Å²) >= 11 is 6.22. The monoisotopic (exact) mass is 620 g/mol. The number of hydrogen-bond acceptors (Lipinski definition) is 7. The van der Waals surface area contributed by atoms with Crippen molar-refractivity contribution in [1.29, 1.82) is 0 Å². The Hall–Kier alpha value is -4.87. The number of sulfonamides is 1. The van der Waals surface area contributed by atoms with E-state index in [2.05, 4.69) is 15.8 Å². The van der Waals surface area contributed by atoms with Crippen LogP contribution in [0, 0.1) is 0 Å². The maximum Gasteiger partial charge on any atom is 0.271 e. The third-order valence-corrected chi connectivity index (χ3v) is 7.60. The van der Waals surface area contributed by atoms with Crippen molar-refractivity contribution in [2.24, 2.45) is 5.10 Å². The minimum atomic E-state index is -3.62. The number of benzene rings is 4. The number of hydrazone groups is 1. The summed E-state index contributed by atoms with van der Waals surface area (Å²) in [6.45, 7) is -0.120. The minimum absolute atomic E-state index is 0.0507. The molecule has 0 aromatic heterocycles. The van der Waals surface area contributed by atoms with Crippen LogP contribution in [0.4, 0.5) is 11.4 Å². The Bertz CT molecular complexity index is 1690. The lowest BCUT2D eigenvalue weighted by Crippen LogP contribution is -2.29. The quantitative estimate of drug-likeness (QED) is 0.168. The number of hydrogen-bond donors (Lipinski definition) is 2. The van der Waals surface area contributed by atoms with Crippen molar-refractivity contribution >= 4 is 51.0 Å². The second-order valence-corrected chi connectivity index (χ2v) is 11.6. The lowest BCUT2D eigenvalue weighted by molar-refractivity contribution is -0.118. The van der Waals surface area contributed by atoms with Gasteiger partial charge in [-0.15, -0.1) is 0 Å². The maximum atomic E-state index is 12.6. The highest BCUT2D eigenvalue weighted by molar-refractivity contribution is 7.92. The lowest BCUT2D eigenvalue weighted by Gasteiger charge is -2.23. The molecule has 0 aliphatic heterocycles. The fraction of sp³-hybridized carbons (Fsp3) is 0.129. The van der Waals surface area contributed by atoms with E-state index in [4.69, 9.17) is 21.1 Å². The molecule has 0 spiro atoms. The SMILES string of the molecule is COc1ccc(NC(=O)COc2ccc(/C=N\NC(=O)c3ccc(N(Cc4ccccc4Cl)S(C)(=O)=O)cc3)cc2)cc1. The number of amides is 2. The van der Waals surface area contributed by atoms with E-state index in [1.54, 1.807) is 92.0 Å². The zero-order chi connectivity index (χ0) is 30.8. The molecule has 0 aliphatic carbocycles. The Morgan fingerprint density at radius 2 is 1.56 bits per heavy atom. The smallest absolute Gasteiger partial charge is 0.271 e. The molecule has 4 rings (SSSR count). The number of carbonyl (C=O) groups excluding carboxylic acids is 2. The molecule has 0 unspecified atom stereocenters. The molecule has 0 fully saturated rings. The van der Waals surface area contributed by atoms with Crippen LogP contribution in [0.2, 0.25) is 5.02 Å². The number of nitrogens with zero attached hydrogens (tertiary/aromatic N) is 2. The summed E-state index contributed by atoms with van der Waals surface area (Å²) < 4.78 is 36.8. The van der Waals surface area contributed by atoms with Crippen LogP contribution in [0.1, 0.15) is 21.5 Å². The van der Waals surface area contributed by atoms with Crippen molar-refractivity contribution in [3.63, 3.8) is 0 Å². The van der Waals surface area contributed by atoms with Crippen molar-refractivity contribution < 1.29 is 27.5 Å². The third-order valence-electron chi connectivity index (χ3n) is 6.09. The van der Waals surface area contributed by atoms with Crippen LogP contribution in [0.5, 0.6) is 11.5 Å². The highest BCUT2D eigenvalue weighted by atomic mass is 35.5. The van der Waals surface area contributed by atoms with Crippen LogP contribution < -0.4 is 24.5 Å². The van der Waals surface area contributed by atoms with Gasteiger partial charge in [-0.05, 0) is 90.0 Å². The first-order valence-electron chi connectivity index (χ1n) is 12.9. The zero-order valence-corrected chi connectivity index (χ0v) is 24.9. The van der Waals surface area contributed by atoms with Crippen molar-refractivity contribution in [2.75, 3.05) is 29.6 Å². The van der Waals surface area contributed by atoms with E-state index < -0.39 is 15.9 Å². The van der Waals surface area contributed by atoms with Gasteiger partial charge in [-0.3, -0.25) is 13.9 Å². The molecule has 222 valence electrons. The summed E-state index contributed by atoms with van der Waals surface area (Å²) in [5, 5.41) is 7.18. The third kappa shape index (κ3) is 9.06. The molecular weight excluding hydrogens is 592 g/mol. The molecule has 4 aromatic rings. The molecule has 0 saturated carbocycles. The van der Waals surface area contributed by atoms with E-state index in [1.165, 1.54) is 22.7 Å². The van der Waals surface area contributed by atoms with E-state index in [1.807, 2.05) is 0 Å². The van der Waals surface area contributed by atoms with Crippen molar-refractivity contribution in [3.8, 4) is 11.5 Å². The zero-order valence-electron chi connectivity index (χ0n) is 23.4. The topological polar surface area (TPSA) is 126 Å². The van der Waals surface area contributed by atoms with E-state index in [0.717, 1.165) is 6.26 Å². The van der Waals surface area contributed by atoms with Crippen LogP contribution in [-0.2, 0) is 21.4 Å². The Morgan fingerprint density at radius 3 is 2.19 bits per heavy atom. The molecule has 0 saturated heterocycles. The Morgan fingerprint density at radius 1 is 0.907 bits per heavy atom. The molecule has 10 nitrogen and oxygen atoms in total. The number of halogens is 1. The van der Waals surface area contributed by atoms with Gasteiger partial charge < -0.3 is 14.8 Å². The average Bonchev–Trinajstić information content (AvgIpc) is 3.00. The van der Waals surface area contributed by atoms with Gasteiger partial charge in [0.05, 0.1) is 31.8 Å². The van der Waals surface area contributed by atoms with Crippen molar-refractivity contribution in [3.05, 3.63) is 119 Å². The Kier molecular flexibility index (Phi) is 10.4. The van der Waals surface area contributed by atoms with Gasteiger partial charge in [-0.2, -0.15) is 5.10 Å². The highest BCUT2D eigenvalue weighted by Gasteiger charge is 2.19. The summed E-state index contributed by atoms with van der Waals surface area (Å²) in [7, 11) is -2.05. The number of rotatable bonds is 12. The summed E-state index contributed by atoms with van der Waals surface area (Å²) in [6.07, 6.45) is 2.57. The predicted molar refractivity (Wildman–Crippen MR) is 168 cm³/mol. The summed E-state index contributed by atoms with van der Waals surface area (Å²) in [6, 6.07) is 26.9. The predicted octanol–water partition coefficient (Wildman–Crippen LogP) is 5.10. The second-order valence-electron chi connectivity index (χ2n) is 9.24. The summed E-state index contributed by atoms with van der Waals surface area (Å²) in [5.74, 6) is 0.401. The van der Waals surface area contributed by atoms with Gasteiger partial charge in [0.1, 0.15) is 11.5 Å². The largest absolute Gasteiger partial charge is 0.497 e. The summed E-state index contributed by atoms with van der Waals surface area (Å²) in [5.41, 5.74) is 5.10. The molecule has 0 radical (unpaired) electrons. The summed E-state index contributed by atoms with van der Waals surface area (Å²) in [4.78, 5) is 24.7. The van der Waals surface area contributed by atoms with Gasteiger partial charge in [0, 0.05) is 16.3 Å². The van der Waals surface area contributed by atoms with E-state index in [0.29, 0.717) is 44.6 Å². The van der Waals surface area contributed by atoms with E-state index >= 15 is 0 Å². The standard InChI is InChI=1S/C31H29ClN4O6S/c1-41-27-17-11-25(12-18-27)34-30(37)21-42-28-15-7-22(8-16-28)19-33-35-31(38)23-9-13-26(14-10-23)36(43(2,39)40)20-24-5-3-4-6-29(24)32/h3-19H,20-21H2,1-2H3,(H,34,37)(H,35,38)/b33-19-. The van der Waals surface area contributed by atoms with E-state index in [9.17, 15) is 18.0 Å². The minimum Gasteiger partial charge on any atom is -0.497 e. The fourth-order valence-electron chi connectivity index (χ4n) is 3.86. The average molecular weight is 621 g/mol. The normalized spacial score (nSPS) is 11.1. The molecule has 0 aliphatic rings. The fourth-order valence-corrected chi connectivity index (χ4v) is 4.93. The number of ether oxygens (including phenoxy) is 2. The van der Waals surface area contributed by atoms with Gasteiger partial charge in [0.2, 0.25) is 10.0 Å². The first kappa shape index (κ1) is 31.1.